The van der Waals surface area contributed by atoms with Gasteiger partial charge in [-0.3, -0.25) is 0 Å². The van der Waals surface area contributed by atoms with Crippen LogP contribution in [-0.2, 0) is 0 Å². The molecule has 0 saturated carbocycles. The summed E-state index contributed by atoms with van der Waals surface area (Å²) in [5.74, 6) is 0. The average Bonchev–Trinajstić information content (AvgIpc) is 2.66. The minimum absolute atomic E-state index is 0.0131. The summed E-state index contributed by atoms with van der Waals surface area (Å²) in [6, 6.07) is 20.4. The highest BCUT2D eigenvalue weighted by atomic mass is 16.3. The van der Waals surface area contributed by atoms with E-state index in [4.69, 9.17) is 0 Å². The largest absolute Gasteiger partial charge is 0.390 e. The fourth-order valence-electron chi connectivity index (χ4n) is 4.04. The Morgan fingerprint density at radius 2 is 1.56 bits per heavy atom. The van der Waals surface area contributed by atoms with Crippen molar-refractivity contribution in [3.05, 3.63) is 83.9 Å². The fourth-order valence-corrected chi connectivity index (χ4v) is 4.04. The van der Waals surface area contributed by atoms with Gasteiger partial charge in [0.25, 0.3) is 0 Å². The summed E-state index contributed by atoms with van der Waals surface area (Å²) in [5.41, 5.74) is 2.12. The maximum Gasteiger partial charge on any atom is 0.138 e. The second kappa shape index (κ2) is 7.96. The Labute approximate surface area is 150 Å². The molecule has 25 heavy (non-hydrogen) atoms. The maximum absolute atomic E-state index is 10.7. The molecule has 0 aliphatic carbocycles. The van der Waals surface area contributed by atoms with Gasteiger partial charge in [0.05, 0.1) is 32.3 Å². The highest BCUT2D eigenvalue weighted by Crippen LogP contribution is 2.37. The monoisotopic (exact) mass is 338 g/mol. The van der Waals surface area contributed by atoms with Gasteiger partial charge in [-0.2, -0.15) is 0 Å². The van der Waals surface area contributed by atoms with Crippen molar-refractivity contribution in [2.45, 2.75) is 31.0 Å². The van der Waals surface area contributed by atoms with Crippen molar-refractivity contribution in [1.82, 2.24) is 0 Å². The quantitative estimate of drug-likeness (QED) is 0.624. The van der Waals surface area contributed by atoms with E-state index in [0.717, 1.165) is 28.6 Å². The van der Waals surface area contributed by atoms with E-state index in [-0.39, 0.29) is 18.7 Å². The molecule has 0 bridgehead atoms. The standard InChI is InChI=1S/C22H28NO2/c1-23(21(17-24)18-10-4-2-5-11-18)15-9-8-14-20(23)16-22(25)19-12-6-3-7-13-19/h2-13,20-22,24-25H,14-17H2,1H3/q+1/t20-,21+,22-,23?/m0/s1. The summed E-state index contributed by atoms with van der Waals surface area (Å²) >= 11 is 0. The Hall–Kier alpha value is -1.94. The lowest BCUT2D eigenvalue weighted by atomic mass is 9.91. The Morgan fingerprint density at radius 3 is 2.16 bits per heavy atom. The Bertz CT molecular complexity index is 686. The van der Waals surface area contributed by atoms with E-state index in [1.807, 2.05) is 48.5 Å². The van der Waals surface area contributed by atoms with E-state index in [1.54, 1.807) is 0 Å². The predicted octanol–water partition coefficient (Wildman–Crippen LogP) is 3.62. The van der Waals surface area contributed by atoms with Gasteiger partial charge in [-0.25, -0.2) is 0 Å². The van der Waals surface area contributed by atoms with Crippen LogP contribution in [0.3, 0.4) is 0 Å². The molecule has 0 spiro atoms. The number of quaternary nitrogens is 1. The number of aliphatic hydroxyl groups is 2. The predicted molar refractivity (Wildman–Crippen MR) is 101 cm³/mol. The summed E-state index contributed by atoms with van der Waals surface area (Å²) in [5, 5.41) is 20.9. The molecule has 1 aliphatic rings. The third-order valence-corrected chi connectivity index (χ3v) is 5.66. The van der Waals surface area contributed by atoms with Gasteiger partial charge in [-0.15, -0.1) is 0 Å². The fraction of sp³-hybridized carbons (Fsp3) is 0.364. The second-order valence-corrected chi connectivity index (χ2v) is 7.16. The van der Waals surface area contributed by atoms with Gasteiger partial charge in [-0.05, 0) is 11.6 Å². The number of benzene rings is 2. The van der Waals surface area contributed by atoms with Crippen LogP contribution in [0.2, 0.25) is 0 Å². The molecule has 3 heteroatoms. The van der Waals surface area contributed by atoms with Crippen molar-refractivity contribution in [1.29, 1.82) is 0 Å². The zero-order valence-corrected chi connectivity index (χ0v) is 14.8. The molecule has 1 aliphatic heterocycles. The van der Waals surface area contributed by atoms with Crippen LogP contribution in [0.25, 0.3) is 0 Å². The number of aliphatic hydroxyl groups excluding tert-OH is 2. The van der Waals surface area contributed by atoms with Gasteiger partial charge >= 0.3 is 0 Å². The van der Waals surface area contributed by atoms with Crippen LogP contribution in [0.1, 0.15) is 36.1 Å². The molecule has 2 N–H and O–H groups in total. The van der Waals surface area contributed by atoms with Gasteiger partial charge in [0.2, 0.25) is 0 Å². The number of likely N-dealkylation sites (N-methyl/N-ethyl adjacent to an activating group) is 1. The van der Waals surface area contributed by atoms with E-state index in [9.17, 15) is 10.2 Å². The molecule has 1 heterocycles. The molecule has 3 rings (SSSR count). The van der Waals surface area contributed by atoms with Crippen molar-refractivity contribution in [3.8, 4) is 0 Å². The number of hydrogen-bond donors (Lipinski definition) is 2. The van der Waals surface area contributed by atoms with Crippen LogP contribution in [0.4, 0.5) is 0 Å². The SMILES string of the molecule is C[N+]1([C@H](CO)c2ccccc2)CC=CC[C@H]1C[C@H](O)c1ccccc1. The first kappa shape index (κ1) is 17.9. The minimum atomic E-state index is -0.481. The lowest BCUT2D eigenvalue weighted by Gasteiger charge is -2.48. The van der Waals surface area contributed by atoms with Gasteiger partial charge in [0.1, 0.15) is 6.04 Å². The van der Waals surface area contributed by atoms with Crippen molar-refractivity contribution < 1.29 is 14.7 Å². The third-order valence-electron chi connectivity index (χ3n) is 5.66. The summed E-state index contributed by atoms with van der Waals surface area (Å²) < 4.78 is 0.723. The van der Waals surface area contributed by atoms with Crippen LogP contribution >= 0.6 is 0 Å². The zero-order valence-electron chi connectivity index (χ0n) is 14.8. The first-order valence-electron chi connectivity index (χ1n) is 9.04. The van der Waals surface area contributed by atoms with Crippen LogP contribution in [-0.4, -0.2) is 40.9 Å². The molecule has 1 unspecified atom stereocenters. The molecular weight excluding hydrogens is 310 g/mol. The Kier molecular flexibility index (Phi) is 5.69. The number of nitrogens with zero attached hydrogens (tertiary/aromatic N) is 1. The van der Waals surface area contributed by atoms with Gasteiger partial charge in [-0.1, -0.05) is 66.7 Å². The first-order chi connectivity index (χ1) is 12.1. The maximum atomic E-state index is 10.7. The third kappa shape index (κ3) is 3.84. The van der Waals surface area contributed by atoms with Crippen molar-refractivity contribution in [2.75, 3.05) is 20.2 Å². The van der Waals surface area contributed by atoms with Crippen LogP contribution in [0.5, 0.6) is 0 Å². The number of hydrogen-bond acceptors (Lipinski definition) is 2. The smallest absolute Gasteiger partial charge is 0.138 e. The Balaban J connectivity index is 1.85. The second-order valence-electron chi connectivity index (χ2n) is 7.16. The average molecular weight is 338 g/mol. The summed E-state index contributed by atoms with van der Waals surface area (Å²) in [7, 11) is 2.21. The van der Waals surface area contributed by atoms with E-state index in [1.165, 1.54) is 0 Å². The molecule has 4 atom stereocenters. The van der Waals surface area contributed by atoms with Crippen molar-refractivity contribution >= 4 is 0 Å². The van der Waals surface area contributed by atoms with Crippen LogP contribution < -0.4 is 0 Å². The van der Waals surface area contributed by atoms with Gasteiger partial charge in [0, 0.05) is 18.4 Å². The summed E-state index contributed by atoms with van der Waals surface area (Å²) in [6.45, 7) is 0.971. The molecule has 0 aromatic heterocycles. The highest BCUT2D eigenvalue weighted by molar-refractivity contribution is 5.19. The molecule has 0 amide bonds. The molecule has 0 radical (unpaired) electrons. The summed E-state index contributed by atoms with van der Waals surface area (Å²) in [6.07, 6.45) is 5.54. The van der Waals surface area contributed by atoms with E-state index in [0.29, 0.717) is 6.42 Å². The van der Waals surface area contributed by atoms with Crippen LogP contribution in [0.15, 0.2) is 72.8 Å². The van der Waals surface area contributed by atoms with Gasteiger partial charge in [0.15, 0.2) is 0 Å². The zero-order chi connectivity index (χ0) is 17.7. The molecule has 2 aromatic rings. The van der Waals surface area contributed by atoms with E-state index >= 15 is 0 Å². The minimum Gasteiger partial charge on any atom is -0.390 e. The highest BCUT2D eigenvalue weighted by Gasteiger charge is 2.41. The molecular formula is C22H28NO2+. The lowest BCUT2D eigenvalue weighted by molar-refractivity contribution is -0.959. The molecule has 0 fully saturated rings. The van der Waals surface area contributed by atoms with Gasteiger partial charge < -0.3 is 14.7 Å². The molecule has 0 saturated heterocycles. The molecule has 3 nitrogen and oxygen atoms in total. The van der Waals surface area contributed by atoms with Crippen LogP contribution in [0, 0.1) is 0 Å². The first-order valence-corrected chi connectivity index (χ1v) is 9.04. The normalized spacial score (nSPS) is 25.5. The van der Waals surface area contributed by atoms with Crippen molar-refractivity contribution in [2.24, 2.45) is 0 Å². The lowest BCUT2D eigenvalue weighted by Crippen LogP contribution is -2.57. The van der Waals surface area contributed by atoms with E-state index in [2.05, 4.69) is 31.3 Å². The van der Waals surface area contributed by atoms with E-state index < -0.39 is 6.10 Å². The summed E-state index contributed by atoms with van der Waals surface area (Å²) in [4.78, 5) is 0. The molecule has 132 valence electrons. The Morgan fingerprint density at radius 1 is 0.960 bits per heavy atom. The number of rotatable bonds is 6. The topological polar surface area (TPSA) is 40.5 Å². The molecule has 2 aromatic carbocycles. The van der Waals surface area contributed by atoms with Crippen molar-refractivity contribution in [3.63, 3.8) is 0 Å².